The molecule has 1 aliphatic carbocycles. The average molecular weight is 423 g/mol. The van der Waals surface area contributed by atoms with Gasteiger partial charge in [0.1, 0.15) is 28.5 Å². The van der Waals surface area contributed by atoms with Gasteiger partial charge in [0.15, 0.2) is 22.6 Å². The molecule has 1 atom stereocenters. The number of hydrogen-bond acceptors (Lipinski definition) is 8. The Balaban J connectivity index is 2.04. The second-order valence-electron chi connectivity index (χ2n) is 6.76. The number of hydrogen-bond donors (Lipinski definition) is 4. The molecule has 0 spiro atoms. The number of ketones is 1. The van der Waals surface area contributed by atoms with Crippen molar-refractivity contribution in [2.75, 3.05) is 0 Å². The topological polar surface area (TPSA) is 194 Å². The molecule has 0 bridgehead atoms. The van der Waals surface area contributed by atoms with Gasteiger partial charge in [-0.3, -0.25) is 19.2 Å². The Labute approximate surface area is 171 Å². The molecular formula is C20H13N3O8. The lowest BCUT2D eigenvalue weighted by molar-refractivity contribution is -0.138. The first-order valence-electron chi connectivity index (χ1n) is 8.86. The Morgan fingerprint density at radius 3 is 2.55 bits per heavy atom. The SMILES string of the molecule is NC(CC(=O)c1cccc2oc3cc(=O)c4[nH]c(C(=O)O)cc(=O)c4c-3nc12)C(=O)O. The Kier molecular flexibility index (Phi) is 4.59. The van der Waals surface area contributed by atoms with Crippen LogP contribution in [0.15, 0.2) is 44.3 Å². The molecule has 0 saturated heterocycles. The number of carbonyl (C=O) groups is 3. The van der Waals surface area contributed by atoms with E-state index in [0.717, 1.165) is 12.1 Å². The molecule has 11 nitrogen and oxygen atoms in total. The number of carboxylic acids is 2. The number of aromatic carboxylic acids is 1. The predicted octanol–water partition coefficient (Wildman–Crippen LogP) is 0.817. The maximum atomic E-state index is 12.6. The fraction of sp³-hybridized carbons (Fsp3) is 0.100. The van der Waals surface area contributed by atoms with Crippen LogP contribution in [-0.2, 0) is 4.79 Å². The Hall–Kier alpha value is -4.38. The number of H-pyrrole nitrogens is 1. The van der Waals surface area contributed by atoms with Crippen LogP contribution in [0, 0.1) is 0 Å². The lowest BCUT2D eigenvalue weighted by Gasteiger charge is -2.12. The van der Waals surface area contributed by atoms with E-state index in [1.54, 1.807) is 0 Å². The number of fused-ring (bicyclic) bond motifs is 4. The van der Waals surface area contributed by atoms with Crippen molar-refractivity contribution in [3.05, 3.63) is 62.0 Å². The van der Waals surface area contributed by atoms with Crippen molar-refractivity contribution in [1.29, 1.82) is 0 Å². The Morgan fingerprint density at radius 2 is 1.87 bits per heavy atom. The van der Waals surface area contributed by atoms with Gasteiger partial charge >= 0.3 is 11.9 Å². The first kappa shape index (κ1) is 19.9. The van der Waals surface area contributed by atoms with Gasteiger partial charge in [0.05, 0.1) is 5.39 Å². The van der Waals surface area contributed by atoms with Crippen LogP contribution in [-0.4, -0.2) is 43.9 Å². The number of pyridine rings is 1. The summed E-state index contributed by atoms with van der Waals surface area (Å²) < 4.78 is 5.68. The molecular weight excluding hydrogens is 410 g/mol. The predicted molar refractivity (Wildman–Crippen MR) is 107 cm³/mol. The van der Waals surface area contributed by atoms with Crippen LogP contribution in [0.25, 0.3) is 33.5 Å². The highest BCUT2D eigenvalue weighted by Crippen LogP contribution is 2.30. The number of nitrogens with one attached hydrogen (secondary N) is 1. The van der Waals surface area contributed by atoms with Crippen molar-refractivity contribution < 1.29 is 29.0 Å². The molecule has 0 saturated carbocycles. The summed E-state index contributed by atoms with van der Waals surface area (Å²) in [6.07, 6.45) is -0.489. The number of para-hydroxylation sites is 1. The molecule has 1 aliphatic heterocycles. The Bertz CT molecular complexity index is 1500. The van der Waals surface area contributed by atoms with E-state index in [1.807, 2.05) is 0 Å². The lowest BCUT2D eigenvalue weighted by atomic mass is 10.0. The number of carboxylic acid groups (broad SMARTS) is 2. The quantitative estimate of drug-likeness (QED) is 0.203. The molecule has 1 aromatic heterocycles. The van der Waals surface area contributed by atoms with Crippen molar-refractivity contribution in [2.45, 2.75) is 12.5 Å². The van der Waals surface area contributed by atoms with E-state index >= 15 is 0 Å². The average Bonchev–Trinajstić information content (AvgIpc) is 2.71. The lowest BCUT2D eigenvalue weighted by Crippen LogP contribution is -2.32. The van der Waals surface area contributed by atoms with Gasteiger partial charge in [0.2, 0.25) is 5.43 Å². The van der Waals surface area contributed by atoms with Crippen LogP contribution in [0.3, 0.4) is 0 Å². The first-order chi connectivity index (χ1) is 14.7. The molecule has 4 rings (SSSR count). The molecule has 31 heavy (non-hydrogen) atoms. The normalized spacial score (nSPS) is 12.3. The maximum Gasteiger partial charge on any atom is 0.352 e. The van der Waals surface area contributed by atoms with E-state index in [-0.39, 0.29) is 39.0 Å². The van der Waals surface area contributed by atoms with Gasteiger partial charge in [-0.2, -0.15) is 0 Å². The summed E-state index contributed by atoms with van der Waals surface area (Å²) in [5, 5.41) is 17.9. The van der Waals surface area contributed by atoms with Gasteiger partial charge in [-0.05, 0) is 12.1 Å². The zero-order valence-corrected chi connectivity index (χ0v) is 15.5. The molecule has 5 N–H and O–H groups in total. The maximum absolute atomic E-state index is 12.6. The van der Waals surface area contributed by atoms with Gasteiger partial charge in [-0.25, -0.2) is 9.78 Å². The molecule has 0 radical (unpaired) electrons. The minimum atomic E-state index is -1.42. The minimum absolute atomic E-state index is 0.0257. The number of rotatable bonds is 5. The highest BCUT2D eigenvalue weighted by atomic mass is 16.4. The van der Waals surface area contributed by atoms with Crippen molar-refractivity contribution >= 4 is 39.7 Å². The van der Waals surface area contributed by atoms with E-state index < -0.39 is 46.7 Å². The second kappa shape index (κ2) is 7.15. The molecule has 2 aliphatic rings. The van der Waals surface area contributed by atoms with Gasteiger partial charge in [0.25, 0.3) is 0 Å². The zero-order chi connectivity index (χ0) is 22.4. The van der Waals surface area contributed by atoms with E-state index in [9.17, 15) is 24.0 Å². The first-order valence-corrected chi connectivity index (χ1v) is 8.86. The molecule has 2 aromatic rings. The van der Waals surface area contributed by atoms with Gasteiger partial charge in [-0.15, -0.1) is 0 Å². The van der Waals surface area contributed by atoms with Gasteiger partial charge in [0, 0.05) is 24.1 Å². The van der Waals surface area contributed by atoms with Crippen LogP contribution < -0.4 is 16.6 Å². The number of aliphatic carboxylic acids is 1. The van der Waals surface area contributed by atoms with Gasteiger partial charge in [-0.1, -0.05) is 6.07 Å². The fourth-order valence-electron chi connectivity index (χ4n) is 3.24. The van der Waals surface area contributed by atoms with Crippen molar-refractivity contribution in [3.8, 4) is 11.5 Å². The summed E-state index contributed by atoms with van der Waals surface area (Å²) in [6.45, 7) is 0. The summed E-state index contributed by atoms with van der Waals surface area (Å²) in [4.78, 5) is 66.6. The highest BCUT2D eigenvalue weighted by molar-refractivity contribution is 6.08. The Morgan fingerprint density at radius 1 is 1.13 bits per heavy atom. The second-order valence-corrected chi connectivity index (χ2v) is 6.76. The summed E-state index contributed by atoms with van der Waals surface area (Å²) in [5.41, 5.74) is 3.41. The standard InChI is InChI=1S/C20H13N3O8/c21-8(19(27)28)4-10(24)7-2-1-3-13-16(7)23-18-14(31-13)6-12(26)17-15(18)11(25)5-9(22-17)20(29)30/h1-3,5-6,8H,4,21H2,(H,22,25)(H,27,28)(H,29,30). The van der Waals surface area contributed by atoms with Crippen LogP contribution in [0.4, 0.5) is 0 Å². The molecule has 2 heterocycles. The fourth-order valence-corrected chi connectivity index (χ4v) is 3.24. The van der Waals surface area contributed by atoms with E-state index in [0.29, 0.717) is 0 Å². The van der Waals surface area contributed by atoms with Crippen molar-refractivity contribution in [1.82, 2.24) is 9.97 Å². The van der Waals surface area contributed by atoms with Crippen LogP contribution in [0.2, 0.25) is 0 Å². The van der Waals surface area contributed by atoms with E-state index in [1.165, 1.54) is 18.2 Å². The molecule has 0 amide bonds. The molecule has 1 unspecified atom stereocenters. The molecule has 156 valence electrons. The smallest absolute Gasteiger partial charge is 0.352 e. The molecule has 0 fully saturated rings. The monoisotopic (exact) mass is 423 g/mol. The number of aromatic nitrogens is 2. The highest BCUT2D eigenvalue weighted by Gasteiger charge is 2.24. The van der Waals surface area contributed by atoms with E-state index in [4.69, 9.17) is 20.4 Å². The third kappa shape index (κ3) is 3.32. The summed E-state index contributed by atoms with van der Waals surface area (Å²) in [5.74, 6) is -3.40. The third-order valence-corrected chi connectivity index (χ3v) is 4.71. The number of nitrogens with zero attached hydrogens (tertiary/aromatic N) is 1. The summed E-state index contributed by atoms with van der Waals surface area (Å²) in [6, 6.07) is 4.84. The van der Waals surface area contributed by atoms with E-state index in [2.05, 4.69) is 9.97 Å². The van der Waals surface area contributed by atoms with Crippen LogP contribution in [0.1, 0.15) is 27.3 Å². The largest absolute Gasteiger partial charge is 0.480 e. The minimum Gasteiger partial charge on any atom is -0.480 e. The van der Waals surface area contributed by atoms with Crippen molar-refractivity contribution in [3.63, 3.8) is 0 Å². The number of aromatic amines is 1. The number of benzene rings is 2. The molecule has 1 aromatic carbocycles. The van der Waals surface area contributed by atoms with Crippen LogP contribution >= 0.6 is 0 Å². The zero-order valence-electron chi connectivity index (χ0n) is 15.5. The van der Waals surface area contributed by atoms with Crippen LogP contribution in [0.5, 0.6) is 0 Å². The van der Waals surface area contributed by atoms with Crippen molar-refractivity contribution in [2.24, 2.45) is 5.73 Å². The molecule has 11 heteroatoms. The summed E-state index contributed by atoms with van der Waals surface area (Å²) in [7, 11) is 0. The third-order valence-electron chi connectivity index (χ3n) is 4.71. The number of Topliss-reactive ketones (excluding diaryl/α,β-unsaturated/α-hetero) is 1. The summed E-state index contributed by atoms with van der Waals surface area (Å²) >= 11 is 0. The van der Waals surface area contributed by atoms with Gasteiger partial charge < -0.3 is 25.3 Å². The number of nitrogens with two attached hydrogens (primary N) is 1. The number of carbonyl (C=O) groups excluding carboxylic acids is 1.